The number of benzene rings is 1. The highest BCUT2D eigenvalue weighted by atomic mass is 35.5. The molecule has 0 aliphatic carbocycles. The van der Waals surface area contributed by atoms with E-state index in [1.807, 2.05) is 18.7 Å². The zero-order chi connectivity index (χ0) is 14.4. The molecular weight excluding hydrogens is 269 g/mol. The zero-order valence-corrected chi connectivity index (χ0v) is 12.2. The maximum atomic E-state index is 13.2. The lowest BCUT2D eigenvalue weighted by Gasteiger charge is -2.25. The smallest absolute Gasteiger partial charge is 0.320 e. The third-order valence-electron chi connectivity index (χ3n) is 2.75. The van der Waals surface area contributed by atoms with Crippen LogP contribution in [0.1, 0.15) is 26.3 Å². The molecule has 0 bridgehead atoms. The van der Waals surface area contributed by atoms with Gasteiger partial charge < -0.3 is 4.74 Å². The monoisotopic (exact) mass is 287 g/mol. The molecule has 0 fully saturated rings. The zero-order valence-electron chi connectivity index (χ0n) is 11.5. The summed E-state index contributed by atoms with van der Waals surface area (Å²) in [6, 6.07) is 4.36. The van der Waals surface area contributed by atoms with Crippen LogP contribution in [0.25, 0.3) is 0 Å². The van der Waals surface area contributed by atoms with Crippen LogP contribution in [0.4, 0.5) is 4.39 Å². The molecule has 106 valence electrons. The third-order valence-corrected chi connectivity index (χ3v) is 3.12. The Labute approximate surface area is 118 Å². The maximum absolute atomic E-state index is 13.2. The number of halogens is 2. The highest BCUT2D eigenvalue weighted by molar-refractivity contribution is 6.31. The molecule has 3 nitrogen and oxygen atoms in total. The van der Waals surface area contributed by atoms with Crippen molar-refractivity contribution < 1.29 is 13.9 Å². The van der Waals surface area contributed by atoms with E-state index < -0.39 is 0 Å². The highest BCUT2D eigenvalue weighted by Gasteiger charge is 2.16. The fraction of sp³-hybridized carbons (Fsp3) is 0.500. The number of esters is 1. The van der Waals surface area contributed by atoms with Crippen LogP contribution in [0.2, 0.25) is 5.02 Å². The lowest BCUT2D eigenvalue weighted by atomic mass is 10.2. The van der Waals surface area contributed by atoms with Gasteiger partial charge in [-0.3, -0.25) is 9.69 Å². The largest absolute Gasteiger partial charge is 0.465 e. The Hall–Kier alpha value is -1.13. The average molecular weight is 288 g/mol. The van der Waals surface area contributed by atoms with Crippen LogP contribution in [0.15, 0.2) is 18.2 Å². The Kier molecular flexibility index (Phi) is 6.25. The number of carbonyl (C=O) groups is 1. The van der Waals surface area contributed by atoms with Gasteiger partial charge in [-0.2, -0.15) is 0 Å². The molecule has 0 aliphatic heterocycles. The van der Waals surface area contributed by atoms with Crippen molar-refractivity contribution in [1.29, 1.82) is 0 Å². The van der Waals surface area contributed by atoms with Gasteiger partial charge in [0.25, 0.3) is 0 Å². The first kappa shape index (κ1) is 15.9. The summed E-state index contributed by atoms with van der Waals surface area (Å²) >= 11 is 6.03. The molecule has 5 heteroatoms. The molecule has 0 atom stereocenters. The van der Waals surface area contributed by atoms with Crippen LogP contribution >= 0.6 is 11.6 Å². The summed E-state index contributed by atoms with van der Waals surface area (Å²) in [4.78, 5) is 13.4. The minimum absolute atomic E-state index is 0.128. The topological polar surface area (TPSA) is 29.5 Å². The van der Waals surface area contributed by atoms with Gasteiger partial charge in [0, 0.05) is 17.6 Å². The van der Waals surface area contributed by atoms with E-state index in [9.17, 15) is 9.18 Å². The van der Waals surface area contributed by atoms with Crippen LogP contribution in [0.5, 0.6) is 0 Å². The Bertz CT molecular complexity index is 437. The van der Waals surface area contributed by atoms with Crippen molar-refractivity contribution in [2.45, 2.75) is 33.4 Å². The van der Waals surface area contributed by atoms with Crippen molar-refractivity contribution in [2.24, 2.45) is 0 Å². The second kappa shape index (κ2) is 7.46. The molecule has 1 aromatic rings. The van der Waals surface area contributed by atoms with Crippen LogP contribution < -0.4 is 0 Å². The predicted octanol–water partition coefficient (Wildman–Crippen LogP) is 3.25. The summed E-state index contributed by atoms with van der Waals surface area (Å²) in [6.45, 7) is 6.62. The van der Waals surface area contributed by atoms with Gasteiger partial charge in [0.05, 0.1) is 13.2 Å². The number of rotatable bonds is 6. The number of ether oxygens (including phenoxy) is 1. The third kappa shape index (κ3) is 5.17. The van der Waals surface area contributed by atoms with Gasteiger partial charge in [-0.05, 0) is 44.5 Å². The van der Waals surface area contributed by atoms with Crippen LogP contribution in [0, 0.1) is 5.82 Å². The van der Waals surface area contributed by atoms with E-state index in [1.54, 1.807) is 6.92 Å². The number of nitrogens with zero attached hydrogens (tertiary/aromatic N) is 1. The summed E-state index contributed by atoms with van der Waals surface area (Å²) in [5, 5.41) is 0.496. The molecule has 0 N–H and O–H groups in total. The molecule has 0 aromatic heterocycles. The molecule has 0 saturated carbocycles. The standard InChI is InChI=1S/C14H19ClFNO2/c1-4-19-14(18)9-17(10(2)3)8-11-7-12(16)5-6-13(11)15/h5-7,10H,4,8-9H2,1-3H3. The van der Waals surface area contributed by atoms with Gasteiger partial charge in [0.1, 0.15) is 5.82 Å². The number of carbonyl (C=O) groups excluding carboxylic acids is 1. The predicted molar refractivity (Wildman–Crippen MR) is 73.6 cm³/mol. The maximum Gasteiger partial charge on any atom is 0.320 e. The normalized spacial score (nSPS) is 11.1. The molecule has 0 radical (unpaired) electrons. The van der Waals surface area contributed by atoms with Crippen molar-refractivity contribution >= 4 is 17.6 Å². The molecule has 0 aliphatic rings. The van der Waals surface area contributed by atoms with Crippen LogP contribution in [-0.4, -0.2) is 30.1 Å². The van der Waals surface area contributed by atoms with E-state index >= 15 is 0 Å². The number of hydrogen-bond donors (Lipinski definition) is 0. The second-order valence-electron chi connectivity index (χ2n) is 4.54. The lowest BCUT2D eigenvalue weighted by molar-refractivity contribution is -0.145. The fourth-order valence-corrected chi connectivity index (χ4v) is 1.85. The minimum Gasteiger partial charge on any atom is -0.465 e. The van der Waals surface area contributed by atoms with Crippen LogP contribution in [0.3, 0.4) is 0 Å². The minimum atomic E-state index is -0.334. The van der Waals surface area contributed by atoms with Crippen molar-refractivity contribution in [3.8, 4) is 0 Å². The number of hydrogen-bond acceptors (Lipinski definition) is 3. The van der Waals surface area contributed by atoms with E-state index in [0.717, 1.165) is 0 Å². The molecule has 0 heterocycles. The first-order chi connectivity index (χ1) is 8.93. The Morgan fingerprint density at radius 3 is 2.74 bits per heavy atom. The fourth-order valence-electron chi connectivity index (χ4n) is 1.68. The molecule has 1 rings (SSSR count). The molecule has 0 saturated heterocycles. The molecule has 19 heavy (non-hydrogen) atoms. The second-order valence-corrected chi connectivity index (χ2v) is 4.95. The summed E-state index contributed by atoms with van der Waals surface area (Å²) in [5.41, 5.74) is 0.666. The summed E-state index contributed by atoms with van der Waals surface area (Å²) < 4.78 is 18.1. The van der Waals surface area contributed by atoms with Gasteiger partial charge >= 0.3 is 5.97 Å². The van der Waals surface area contributed by atoms with Gasteiger partial charge in [0.2, 0.25) is 0 Å². The van der Waals surface area contributed by atoms with Crippen LogP contribution in [-0.2, 0) is 16.1 Å². The molecule has 0 spiro atoms. The average Bonchev–Trinajstić information content (AvgIpc) is 2.33. The summed E-state index contributed by atoms with van der Waals surface area (Å²) in [6.07, 6.45) is 0. The molecule has 1 aromatic carbocycles. The van der Waals surface area contributed by atoms with Gasteiger partial charge in [0.15, 0.2) is 0 Å². The van der Waals surface area contributed by atoms with Gasteiger partial charge in [-0.15, -0.1) is 0 Å². The first-order valence-corrected chi connectivity index (χ1v) is 6.65. The van der Waals surface area contributed by atoms with E-state index in [-0.39, 0.29) is 24.4 Å². The molecule has 0 amide bonds. The highest BCUT2D eigenvalue weighted by Crippen LogP contribution is 2.19. The summed E-state index contributed by atoms with van der Waals surface area (Å²) in [7, 11) is 0. The molecule has 0 unspecified atom stereocenters. The van der Waals surface area contributed by atoms with E-state index in [0.29, 0.717) is 23.7 Å². The van der Waals surface area contributed by atoms with E-state index in [1.165, 1.54) is 18.2 Å². The lowest BCUT2D eigenvalue weighted by Crippen LogP contribution is -2.36. The van der Waals surface area contributed by atoms with Crippen molar-refractivity contribution in [1.82, 2.24) is 4.90 Å². The SMILES string of the molecule is CCOC(=O)CN(Cc1cc(F)ccc1Cl)C(C)C. The van der Waals surface area contributed by atoms with Crippen molar-refractivity contribution in [2.75, 3.05) is 13.2 Å². The summed E-state index contributed by atoms with van der Waals surface area (Å²) in [5.74, 6) is -0.622. The van der Waals surface area contributed by atoms with Crippen molar-refractivity contribution in [3.63, 3.8) is 0 Å². The van der Waals surface area contributed by atoms with Gasteiger partial charge in [-0.25, -0.2) is 4.39 Å². The first-order valence-electron chi connectivity index (χ1n) is 6.27. The molecular formula is C14H19ClFNO2. The Morgan fingerprint density at radius 1 is 1.47 bits per heavy atom. The quantitative estimate of drug-likeness (QED) is 0.752. The Morgan fingerprint density at radius 2 is 2.16 bits per heavy atom. The van der Waals surface area contributed by atoms with E-state index in [2.05, 4.69) is 0 Å². The van der Waals surface area contributed by atoms with Crippen molar-refractivity contribution in [3.05, 3.63) is 34.6 Å². The Balaban J connectivity index is 2.78. The van der Waals surface area contributed by atoms with E-state index in [4.69, 9.17) is 16.3 Å². The van der Waals surface area contributed by atoms with Gasteiger partial charge in [-0.1, -0.05) is 11.6 Å².